The number of aliphatic hydroxyl groups is 12. The Labute approximate surface area is 289 Å². The molecule has 0 aromatic heterocycles. The lowest BCUT2D eigenvalue weighted by atomic mass is 9.93. The van der Waals surface area contributed by atoms with Crippen molar-refractivity contribution in [3.63, 3.8) is 0 Å². The summed E-state index contributed by atoms with van der Waals surface area (Å²) in [6.07, 6.45) is -31.6. The van der Waals surface area contributed by atoms with E-state index in [1.54, 1.807) is 0 Å². The molecule has 20 atom stereocenters. The quantitative estimate of drug-likeness (QED) is 0.0881. The summed E-state index contributed by atoms with van der Waals surface area (Å²) in [6.45, 7) is -1.28. The lowest BCUT2D eigenvalue weighted by molar-refractivity contribution is -0.376. The van der Waals surface area contributed by atoms with Gasteiger partial charge in [0.15, 0.2) is 25.2 Å². The van der Waals surface area contributed by atoms with Gasteiger partial charge in [0.1, 0.15) is 97.5 Å². The molecule has 4 aliphatic rings. The van der Waals surface area contributed by atoms with Crippen molar-refractivity contribution in [1.29, 1.82) is 0 Å². The summed E-state index contributed by atoms with van der Waals surface area (Å²) in [5, 5.41) is 129. The molecule has 0 unspecified atom stereocenters. The molecular weight excluding hydrogens is 700 g/mol. The third-order valence-electron chi connectivity index (χ3n) is 9.01. The van der Waals surface area contributed by atoms with E-state index in [2.05, 4.69) is 10.6 Å². The van der Waals surface area contributed by atoms with E-state index in [-0.39, 0.29) is 0 Å². The van der Waals surface area contributed by atoms with Crippen molar-refractivity contribution in [3.05, 3.63) is 0 Å². The Morgan fingerprint density at radius 3 is 1.39 bits per heavy atom. The molecular formula is C28H48N2O21. The third kappa shape index (κ3) is 9.11. The van der Waals surface area contributed by atoms with Crippen LogP contribution in [0, 0.1) is 0 Å². The van der Waals surface area contributed by atoms with Crippen molar-refractivity contribution < 1.29 is 104 Å². The minimum absolute atomic E-state index is 0.687. The Morgan fingerprint density at radius 2 is 0.863 bits per heavy atom. The molecule has 0 aromatic carbocycles. The second kappa shape index (κ2) is 18.0. The predicted molar refractivity (Wildman–Crippen MR) is 157 cm³/mol. The number of amides is 2. The van der Waals surface area contributed by atoms with Crippen LogP contribution in [0.15, 0.2) is 0 Å². The van der Waals surface area contributed by atoms with Gasteiger partial charge in [-0.3, -0.25) is 9.59 Å². The fourth-order valence-corrected chi connectivity index (χ4v) is 6.35. The molecule has 4 heterocycles. The average Bonchev–Trinajstić information content (AvgIpc) is 3.09. The summed E-state index contributed by atoms with van der Waals surface area (Å²) >= 11 is 0. The van der Waals surface area contributed by atoms with E-state index < -0.39 is 161 Å². The van der Waals surface area contributed by atoms with Gasteiger partial charge in [-0.25, -0.2) is 0 Å². The van der Waals surface area contributed by atoms with Crippen LogP contribution in [0.3, 0.4) is 0 Å². The van der Waals surface area contributed by atoms with E-state index in [0.29, 0.717) is 0 Å². The van der Waals surface area contributed by atoms with Crippen LogP contribution in [0.4, 0.5) is 0 Å². The van der Waals surface area contributed by atoms with Crippen LogP contribution in [0.5, 0.6) is 0 Å². The molecule has 23 nitrogen and oxygen atoms in total. The zero-order chi connectivity index (χ0) is 37.9. The smallest absolute Gasteiger partial charge is 0.217 e. The van der Waals surface area contributed by atoms with Crippen LogP contribution in [0.1, 0.15) is 13.8 Å². The number of hydrogen-bond donors (Lipinski definition) is 14. The van der Waals surface area contributed by atoms with E-state index in [4.69, 9.17) is 33.2 Å². The molecule has 51 heavy (non-hydrogen) atoms. The molecule has 0 spiro atoms. The first kappa shape index (κ1) is 41.9. The van der Waals surface area contributed by atoms with Crippen LogP contribution < -0.4 is 10.6 Å². The summed E-state index contributed by atoms with van der Waals surface area (Å²) in [5.41, 5.74) is 0. The van der Waals surface area contributed by atoms with E-state index in [0.717, 1.165) is 13.8 Å². The van der Waals surface area contributed by atoms with Crippen molar-refractivity contribution in [2.24, 2.45) is 0 Å². The Balaban J connectivity index is 1.59. The Hall–Kier alpha value is -1.82. The number of ether oxygens (including phenoxy) is 7. The van der Waals surface area contributed by atoms with E-state index in [9.17, 15) is 70.9 Å². The first-order valence-corrected chi connectivity index (χ1v) is 16.1. The zero-order valence-electron chi connectivity index (χ0n) is 27.4. The molecule has 23 heteroatoms. The Kier molecular flexibility index (Phi) is 14.8. The van der Waals surface area contributed by atoms with Gasteiger partial charge in [-0.05, 0) is 0 Å². The molecule has 4 rings (SSSR count). The van der Waals surface area contributed by atoms with Gasteiger partial charge in [0.25, 0.3) is 0 Å². The molecule has 4 aliphatic heterocycles. The predicted octanol–water partition coefficient (Wildman–Crippen LogP) is -9.46. The number of aliphatic hydroxyl groups excluding tert-OH is 12. The van der Waals surface area contributed by atoms with Crippen LogP contribution in [-0.4, -0.2) is 222 Å². The van der Waals surface area contributed by atoms with Crippen molar-refractivity contribution in [3.8, 4) is 0 Å². The van der Waals surface area contributed by atoms with Gasteiger partial charge >= 0.3 is 0 Å². The van der Waals surface area contributed by atoms with E-state index >= 15 is 0 Å². The van der Waals surface area contributed by atoms with Crippen molar-refractivity contribution >= 4 is 11.8 Å². The highest BCUT2D eigenvalue weighted by Gasteiger charge is 2.56. The lowest BCUT2D eigenvalue weighted by Gasteiger charge is -2.50. The zero-order valence-corrected chi connectivity index (χ0v) is 27.4. The monoisotopic (exact) mass is 748 g/mol. The van der Waals surface area contributed by atoms with Crippen LogP contribution in [-0.2, 0) is 42.7 Å². The minimum atomic E-state index is -2.08. The molecule has 4 saturated heterocycles. The van der Waals surface area contributed by atoms with Crippen LogP contribution >= 0.6 is 0 Å². The normalized spacial score (nSPS) is 47.8. The van der Waals surface area contributed by atoms with Crippen LogP contribution in [0.2, 0.25) is 0 Å². The number of nitrogens with one attached hydrogen (secondary N) is 2. The molecule has 2 amide bonds. The van der Waals surface area contributed by atoms with Gasteiger partial charge in [0, 0.05) is 13.8 Å². The number of carbonyl (C=O) groups excluding carboxylic acids is 2. The van der Waals surface area contributed by atoms with Crippen LogP contribution in [0.25, 0.3) is 0 Å². The van der Waals surface area contributed by atoms with E-state index in [1.807, 2.05) is 0 Å². The summed E-state index contributed by atoms with van der Waals surface area (Å²) in [5.74, 6) is -1.45. The maximum Gasteiger partial charge on any atom is 0.217 e. The van der Waals surface area contributed by atoms with Gasteiger partial charge in [-0.2, -0.15) is 0 Å². The maximum atomic E-state index is 12.4. The summed E-state index contributed by atoms with van der Waals surface area (Å²) < 4.78 is 39.1. The van der Waals surface area contributed by atoms with Gasteiger partial charge in [-0.15, -0.1) is 0 Å². The van der Waals surface area contributed by atoms with E-state index in [1.165, 1.54) is 0 Å². The lowest BCUT2D eigenvalue weighted by Crippen LogP contribution is -2.71. The molecule has 0 bridgehead atoms. The van der Waals surface area contributed by atoms with Gasteiger partial charge < -0.3 is 105 Å². The number of carbonyl (C=O) groups is 2. The minimum Gasteiger partial charge on any atom is -0.394 e. The maximum absolute atomic E-state index is 12.4. The molecule has 0 saturated carbocycles. The molecule has 0 aliphatic carbocycles. The fraction of sp³-hybridized carbons (Fsp3) is 0.929. The van der Waals surface area contributed by atoms with Crippen molar-refractivity contribution in [2.45, 2.75) is 137 Å². The number of hydrogen-bond acceptors (Lipinski definition) is 21. The summed E-state index contributed by atoms with van der Waals surface area (Å²) in [4.78, 5) is 24.3. The molecule has 0 aromatic rings. The molecule has 296 valence electrons. The van der Waals surface area contributed by atoms with Gasteiger partial charge in [0.05, 0.1) is 26.4 Å². The topological polar surface area (TPSA) is 366 Å². The highest BCUT2D eigenvalue weighted by molar-refractivity contribution is 5.73. The van der Waals surface area contributed by atoms with Crippen molar-refractivity contribution in [2.75, 3.05) is 26.4 Å². The van der Waals surface area contributed by atoms with Gasteiger partial charge in [0.2, 0.25) is 11.8 Å². The number of rotatable bonds is 12. The largest absolute Gasteiger partial charge is 0.394 e. The molecule has 4 fully saturated rings. The highest BCUT2D eigenvalue weighted by atomic mass is 16.8. The Morgan fingerprint density at radius 1 is 0.471 bits per heavy atom. The highest BCUT2D eigenvalue weighted by Crippen LogP contribution is 2.34. The Bertz CT molecular complexity index is 1140. The fourth-order valence-electron chi connectivity index (χ4n) is 6.35. The first-order valence-electron chi connectivity index (χ1n) is 16.1. The molecule has 14 N–H and O–H groups in total. The standard InChI is InChI=1S/C28H48N2O21/c1-7(35)29-13-23(16(38)10(4-32)45-25(13)44)50-26-14(30-8(2)36)24(17(39)11(5-33)46-26)51-28-21(43)19(41)22(12(6-34)48-28)49-27-20(42)18(40)15(37)9(3-31)47-27/h9-28,31-34,37-44H,3-6H2,1-2H3,(H,29,35)(H,30,36)/t9-,10-,11-,12-,13-,14-,15-,16-,17+,18+,19-,20-,21-,22+,23-,24-,25-,26-,27-,28+/m1/s1. The first-order chi connectivity index (χ1) is 24.1. The second-order valence-corrected chi connectivity index (χ2v) is 12.6. The second-order valence-electron chi connectivity index (χ2n) is 12.6. The van der Waals surface area contributed by atoms with Crippen molar-refractivity contribution in [1.82, 2.24) is 10.6 Å². The molecule has 0 radical (unpaired) electrons. The summed E-state index contributed by atoms with van der Waals surface area (Å²) in [6, 6.07) is -3.08. The average molecular weight is 749 g/mol. The third-order valence-corrected chi connectivity index (χ3v) is 9.01. The summed E-state index contributed by atoms with van der Waals surface area (Å²) in [7, 11) is 0. The SMILES string of the molecule is CC(=O)N[C@@H]1[C@@H](O[C@H]2O[C@H](CO)[C@H](O)[C@H](O[C@@H]3O[C@H](CO)[C@H](O[C@H]4O[C@H](CO)[C@@H](O)[C@H](O)[C@H]4O)[C@H](O)[C@H]3O)[C@H]2NC(C)=O)[C@H](O)[C@@H](CO)O[C@H]1O. The van der Waals surface area contributed by atoms with Gasteiger partial charge in [-0.1, -0.05) is 0 Å².